The minimum atomic E-state index is 0.474. The molecule has 1 aliphatic carbocycles. The van der Waals surface area contributed by atoms with Crippen molar-refractivity contribution in [2.24, 2.45) is 5.41 Å². The summed E-state index contributed by atoms with van der Waals surface area (Å²) >= 11 is 1.37. The quantitative estimate of drug-likeness (QED) is 0.810. The van der Waals surface area contributed by atoms with Crippen molar-refractivity contribution in [1.29, 1.82) is 0 Å². The molecule has 1 aromatic rings. The second-order valence-electron chi connectivity index (χ2n) is 4.32. The number of hydrogen-bond acceptors (Lipinski definition) is 5. The molecule has 0 aromatic carbocycles. The van der Waals surface area contributed by atoms with Crippen LogP contribution in [0.2, 0.25) is 0 Å². The Balaban J connectivity index is 2.00. The van der Waals surface area contributed by atoms with E-state index in [9.17, 15) is 0 Å². The van der Waals surface area contributed by atoms with Gasteiger partial charge in [0.2, 0.25) is 0 Å². The highest BCUT2D eigenvalue weighted by molar-refractivity contribution is 7.11. The Hall–Kier alpha value is -0.970. The molecule has 0 saturated heterocycles. The van der Waals surface area contributed by atoms with E-state index in [-0.39, 0.29) is 0 Å². The normalized spacial score (nSPS) is 17.5. The van der Waals surface area contributed by atoms with Crippen molar-refractivity contribution in [3.63, 3.8) is 0 Å². The Bertz CT molecular complexity index is 346. The molecule has 5 heteroatoms. The summed E-state index contributed by atoms with van der Waals surface area (Å²) in [6.07, 6.45) is 2.61. The average molecular weight is 227 g/mol. The van der Waals surface area contributed by atoms with Crippen LogP contribution < -0.4 is 15.8 Å². The Morgan fingerprint density at radius 3 is 2.93 bits per heavy atom. The van der Waals surface area contributed by atoms with Gasteiger partial charge < -0.3 is 15.8 Å². The molecular formula is C10H17N3OS. The first-order chi connectivity index (χ1) is 7.14. The van der Waals surface area contributed by atoms with Gasteiger partial charge in [-0.1, -0.05) is 6.92 Å². The molecule has 3 N–H and O–H groups in total. The van der Waals surface area contributed by atoms with Crippen molar-refractivity contribution >= 4 is 22.4 Å². The predicted octanol–water partition coefficient (Wildman–Crippen LogP) is 2.34. The van der Waals surface area contributed by atoms with Crippen LogP contribution in [0.1, 0.15) is 26.7 Å². The highest BCUT2D eigenvalue weighted by atomic mass is 32.1. The number of nitrogen functional groups attached to an aromatic ring is 1. The maximum Gasteiger partial charge on any atom is 0.197 e. The fourth-order valence-corrected chi connectivity index (χ4v) is 2.03. The van der Waals surface area contributed by atoms with Gasteiger partial charge in [0.05, 0.1) is 6.61 Å². The van der Waals surface area contributed by atoms with Gasteiger partial charge in [0.25, 0.3) is 0 Å². The summed E-state index contributed by atoms with van der Waals surface area (Å²) in [7, 11) is 0. The molecule has 2 rings (SSSR count). The molecule has 1 aromatic heterocycles. The standard InChI is InChI=1S/C10H17N3OS/c1-3-14-7-8(11)13-15-9(7)12-6-10(2)4-5-10/h12H,3-6H2,1-2H3,(H2,11,13). The molecule has 15 heavy (non-hydrogen) atoms. The van der Waals surface area contributed by atoms with Crippen molar-refractivity contribution in [3.8, 4) is 5.75 Å². The van der Waals surface area contributed by atoms with Crippen LogP contribution in [0.3, 0.4) is 0 Å². The molecule has 4 nitrogen and oxygen atoms in total. The van der Waals surface area contributed by atoms with E-state index in [1.165, 1.54) is 24.4 Å². The van der Waals surface area contributed by atoms with Gasteiger partial charge in [-0.05, 0) is 36.7 Å². The number of rotatable bonds is 5. The first-order valence-electron chi connectivity index (χ1n) is 5.26. The summed E-state index contributed by atoms with van der Waals surface area (Å²) in [6.45, 7) is 5.83. The lowest BCUT2D eigenvalue weighted by atomic mass is 10.1. The molecule has 0 spiro atoms. The number of nitrogens with one attached hydrogen (secondary N) is 1. The predicted molar refractivity (Wildman–Crippen MR) is 63.5 cm³/mol. The molecule has 0 aliphatic heterocycles. The van der Waals surface area contributed by atoms with E-state index in [2.05, 4.69) is 16.6 Å². The third-order valence-corrected chi connectivity index (χ3v) is 3.54. The summed E-state index contributed by atoms with van der Waals surface area (Å²) in [5, 5.41) is 4.33. The number of hydrogen-bond donors (Lipinski definition) is 2. The van der Waals surface area contributed by atoms with E-state index in [1.54, 1.807) is 0 Å². The molecule has 1 heterocycles. The van der Waals surface area contributed by atoms with Crippen LogP contribution in [0.5, 0.6) is 5.75 Å². The third-order valence-electron chi connectivity index (χ3n) is 2.74. The van der Waals surface area contributed by atoms with Crippen molar-refractivity contribution in [1.82, 2.24) is 4.37 Å². The van der Waals surface area contributed by atoms with Crippen LogP contribution in [0.15, 0.2) is 0 Å². The van der Waals surface area contributed by atoms with Gasteiger partial charge in [0.1, 0.15) is 0 Å². The van der Waals surface area contributed by atoms with Gasteiger partial charge in [-0.15, -0.1) is 0 Å². The van der Waals surface area contributed by atoms with Crippen LogP contribution in [0.25, 0.3) is 0 Å². The van der Waals surface area contributed by atoms with Crippen LogP contribution in [-0.2, 0) is 0 Å². The Labute approximate surface area is 94.0 Å². The zero-order valence-corrected chi connectivity index (χ0v) is 9.99. The molecule has 0 atom stereocenters. The van der Waals surface area contributed by atoms with Gasteiger partial charge in [0.15, 0.2) is 16.6 Å². The van der Waals surface area contributed by atoms with Crippen LogP contribution in [0.4, 0.5) is 10.8 Å². The fraction of sp³-hybridized carbons (Fsp3) is 0.700. The highest BCUT2D eigenvalue weighted by Crippen LogP contribution is 2.46. The fourth-order valence-electron chi connectivity index (χ4n) is 1.37. The maximum atomic E-state index is 5.72. The van der Waals surface area contributed by atoms with Crippen molar-refractivity contribution in [2.45, 2.75) is 26.7 Å². The lowest BCUT2D eigenvalue weighted by Crippen LogP contribution is -2.11. The van der Waals surface area contributed by atoms with E-state index in [0.29, 0.717) is 23.6 Å². The Morgan fingerprint density at radius 2 is 2.33 bits per heavy atom. The second kappa shape index (κ2) is 3.89. The SMILES string of the molecule is CCOc1c(N)nsc1NCC1(C)CC1. The van der Waals surface area contributed by atoms with Crippen molar-refractivity contribution < 1.29 is 4.74 Å². The van der Waals surface area contributed by atoms with E-state index in [1.807, 2.05) is 6.92 Å². The Kier molecular flexibility index (Phi) is 2.73. The zero-order valence-electron chi connectivity index (χ0n) is 9.17. The molecule has 84 valence electrons. The highest BCUT2D eigenvalue weighted by Gasteiger charge is 2.37. The summed E-state index contributed by atoms with van der Waals surface area (Å²) in [5.74, 6) is 1.21. The molecule has 0 amide bonds. The number of ether oxygens (including phenoxy) is 1. The molecule has 0 bridgehead atoms. The average Bonchev–Trinajstić information content (AvgIpc) is 2.84. The number of aromatic nitrogens is 1. The molecule has 1 fully saturated rings. The summed E-state index contributed by atoms with van der Waals surface area (Å²) in [6, 6.07) is 0. The second-order valence-corrected chi connectivity index (χ2v) is 5.10. The topological polar surface area (TPSA) is 60.2 Å². The minimum Gasteiger partial charge on any atom is -0.487 e. The van der Waals surface area contributed by atoms with Crippen LogP contribution in [-0.4, -0.2) is 17.5 Å². The van der Waals surface area contributed by atoms with Gasteiger partial charge in [0, 0.05) is 6.54 Å². The molecule has 0 radical (unpaired) electrons. The van der Waals surface area contributed by atoms with E-state index < -0.39 is 0 Å². The molecule has 1 saturated carbocycles. The van der Waals surface area contributed by atoms with Gasteiger partial charge in [-0.2, -0.15) is 4.37 Å². The minimum absolute atomic E-state index is 0.474. The zero-order chi connectivity index (χ0) is 10.9. The molecule has 1 aliphatic rings. The van der Waals surface area contributed by atoms with Crippen molar-refractivity contribution in [3.05, 3.63) is 0 Å². The summed E-state index contributed by atoms with van der Waals surface area (Å²) in [4.78, 5) is 0. The molecular weight excluding hydrogens is 210 g/mol. The lowest BCUT2D eigenvalue weighted by Gasteiger charge is -2.11. The first kappa shape index (κ1) is 10.5. The van der Waals surface area contributed by atoms with E-state index in [4.69, 9.17) is 10.5 Å². The Morgan fingerprint density at radius 1 is 1.60 bits per heavy atom. The number of anilines is 2. The number of nitrogens with zero attached hydrogens (tertiary/aromatic N) is 1. The third kappa shape index (κ3) is 2.34. The van der Waals surface area contributed by atoms with Crippen LogP contribution >= 0.6 is 11.5 Å². The van der Waals surface area contributed by atoms with Crippen LogP contribution in [0, 0.1) is 5.41 Å². The van der Waals surface area contributed by atoms with Gasteiger partial charge in [-0.3, -0.25) is 0 Å². The van der Waals surface area contributed by atoms with E-state index in [0.717, 1.165) is 11.5 Å². The van der Waals surface area contributed by atoms with Gasteiger partial charge >= 0.3 is 0 Å². The maximum absolute atomic E-state index is 5.72. The largest absolute Gasteiger partial charge is 0.487 e. The monoisotopic (exact) mass is 227 g/mol. The van der Waals surface area contributed by atoms with Gasteiger partial charge in [-0.25, -0.2) is 0 Å². The van der Waals surface area contributed by atoms with Crippen molar-refractivity contribution in [2.75, 3.05) is 24.2 Å². The smallest absolute Gasteiger partial charge is 0.197 e. The van der Waals surface area contributed by atoms with E-state index >= 15 is 0 Å². The summed E-state index contributed by atoms with van der Waals surface area (Å²) in [5.41, 5.74) is 6.19. The number of nitrogens with two attached hydrogens (primary N) is 1. The molecule has 0 unspecified atom stereocenters. The lowest BCUT2D eigenvalue weighted by molar-refractivity contribution is 0.344. The summed E-state index contributed by atoms with van der Waals surface area (Å²) < 4.78 is 9.54. The first-order valence-corrected chi connectivity index (χ1v) is 6.04.